The first-order valence-electron chi connectivity index (χ1n) is 8.50. The lowest BCUT2D eigenvalue weighted by molar-refractivity contribution is 0.313. The van der Waals surface area contributed by atoms with Gasteiger partial charge in [-0.2, -0.15) is 0 Å². The van der Waals surface area contributed by atoms with E-state index in [1.54, 1.807) is 0 Å². The SMILES string of the molecule is CCCCCCNCCOc1cccc(N(CC)CC)c1. The zero-order valence-corrected chi connectivity index (χ0v) is 14.0. The van der Waals surface area contributed by atoms with Crippen LogP contribution in [-0.2, 0) is 0 Å². The van der Waals surface area contributed by atoms with E-state index in [1.165, 1.54) is 31.4 Å². The van der Waals surface area contributed by atoms with Crippen LogP contribution >= 0.6 is 0 Å². The van der Waals surface area contributed by atoms with E-state index in [9.17, 15) is 0 Å². The van der Waals surface area contributed by atoms with Gasteiger partial charge in [-0.05, 0) is 38.9 Å². The third-order valence-electron chi connectivity index (χ3n) is 3.70. The number of rotatable bonds is 12. The van der Waals surface area contributed by atoms with Crippen LogP contribution in [0.15, 0.2) is 24.3 Å². The highest BCUT2D eigenvalue weighted by Crippen LogP contribution is 2.20. The Bertz CT molecular complexity index is 364. The second kappa shape index (κ2) is 11.4. The number of hydrogen-bond acceptors (Lipinski definition) is 3. The van der Waals surface area contributed by atoms with Gasteiger partial charge in [0.1, 0.15) is 12.4 Å². The molecule has 0 heterocycles. The van der Waals surface area contributed by atoms with E-state index in [0.717, 1.165) is 38.5 Å². The minimum atomic E-state index is 0.732. The number of benzene rings is 1. The van der Waals surface area contributed by atoms with Crippen molar-refractivity contribution in [3.05, 3.63) is 24.3 Å². The van der Waals surface area contributed by atoms with Gasteiger partial charge in [0.05, 0.1) is 0 Å². The second-order valence-corrected chi connectivity index (χ2v) is 5.33. The molecule has 1 aromatic carbocycles. The van der Waals surface area contributed by atoms with Crippen molar-refractivity contribution in [2.24, 2.45) is 0 Å². The highest BCUT2D eigenvalue weighted by Gasteiger charge is 2.02. The average Bonchev–Trinajstić information content (AvgIpc) is 2.52. The monoisotopic (exact) mass is 292 g/mol. The maximum Gasteiger partial charge on any atom is 0.121 e. The van der Waals surface area contributed by atoms with Crippen LogP contribution in [0, 0.1) is 0 Å². The van der Waals surface area contributed by atoms with Gasteiger partial charge in [0, 0.05) is 31.4 Å². The lowest BCUT2D eigenvalue weighted by Gasteiger charge is -2.21. The summed E-state index contributed by atoms with van der Waals surface area (Å²) in [4.78, 5) is 2.33. The fourth-order valence-corrected chi connectivity index (χ4v) is 2.40. The molecule has 120 valence electrons. The Morgan fingerprint density at radius 3 is 2.52 bits per heavy atom. The fraction of sp³-hybridized carbons (Fsp3) is 0.667. The average molecular weight is 292 g/mol. The van der Waals surface area contributed by atoms with Crippen molar-refractivity contribution >= 4 is 5.69 Å². The molecule has 0 bridgehead atoms. The van der Waals surface area contributed by atoms with Crippen LogP contribution in [0.3, 0.4) is 0 Å². The normalized spacial score (nSPS) is 10.6. The second-order valence-electron chi connectivity index (χ2n) is 5.33. The molecule has 0 aromatic heterocycles. The molecule has 3 heteroatoms. The maximum absolute atomic E-state index is 5.82. The standard InChI is InChI=1S/C18H32N2O/c1-4-7-8-9-13-19-14-15-21-18-12-10-11-17(16-18)20(5-2)6-3/h10-12,16,19H,4-9,13-15H2,1-3H3. The van der Waals surface area contributed by atoms with Crippen molar-refractivity contribution in [2.75, 3.05) is 37.7 Å². The Balaban J connectivity index is 2.21. The Morgan fingerprint density at radius 1 is 1.00 bits per heavy atom. The minimum Gasteiger partial charge on any atom is -0.492 e. The molecule has 0 unspecified atom stereocenters. The minimum absolute atomic E-state index is 0.732. The van der Waals surface area contributed by atoms with Crippen LogP contribution in [0.25, 0.3) is 0 Å². The Labute approximate surface area is 130 Å². The van der Waals surface area contributed by atoms with Crippen LogP contribution < -0.4 is 15.0 Å². The first-order valence-corrected chi connectivity index (χ1v) is 8.50. The molecular formula is C18H32N2O. The molecule has 1 N–H and O–H groups in total. The lowest BCUT2D eigenvalue weighted by Crippen LogP contribution is -2.23. The van der Waals surface area contributed by atoms with Crippen LogP contribution in [0.5, 0.6) is 5.75 Å². The summed E-state index contributed by atoms with van der Waals surface area (Å²) in [5.74, 6) is 0.965. The van der Waals surface area contributed by atoms with Gasteiger partial charge in [-0.25, -0.2) is 0 Å². The van der Waals surface area contributed by atoms with Crippen molar-refractivity contribution < 1.29 is 4.74 Å². The van der Waals surface area contributed by atoms with Gasteiger partial charge >= 0.3 is 0 Å². The van der Waals surface area contributed by atoms with E-state index in [4.69, 9.17) is 4.74 Å². The van der Waals surface area contributed by atoms with E-state index in [-0.39, 0.29) is 0 Å². The Kier molecular flexibility index (Phi) is 9.71. The van der Waals surface area contributed by atoms with E-state index in [1.807, 2.05) is 6.07 Å². The number of anilines is 1. The van der Waals surface area contributed by atoms with Crippen LogP contribution in [-0.4, -0.2) is 32.8 Å². The number of nitrogens with one attached hydrogen (secondary N) is 1. The summed E-state index contributed by atoms with van der Waals surface area (Å²) >= 11 is 0. The van der Waals surface area contributed by atoms with Gasteiger partial charge in [0.15, 0.2) is 0 Å². The largest absolute Gasteiger partial charge is 0.492 e. The number of ether oxygens (including phenoxy) is 1. The molecule has 0 saturated carbocycles. The molecule has 0 spiro atoms. The van der Waals surface area contributed by atoms with Gasteiger partial charge < -0.3 is 15.0 Å². The number of nitrogens with zero attached hydrogens (tertiary/aromatic N) is 1. The summed E-state index contributed by atoms with van der Waals surface area (Å²) in [5, 5.41) is 3.44. The summed E-state index contributed by atoms with van der Waals surface area (Å²) in [6.45, 7) is 11.4. The van der Waals surface area contributed by atoms with E-state index in [2.05, 4.69) is 49.2 Å². The summed E-state index contributed by atoms with van der Waals surface area (Å²) in [6, 6.07) is 8.38. The van der Waals surface area contributed by atoms with Crippen molar-refractivity contribution in [3.63, 3.8) is 0 Å². The third kappa shape index (κ3) is 7.37. The Morgan fingerprint density at radius 2 is 1.81 bits per heavy atom. The van der Waals surface area contributed by atoms with Crippen molar-refractivity contribution in [1.82, 2.24) is 5.32 Å². The highest BCUT2D eigenvalue weighted by atomic mass is 16.5. The summed E-state index contributed by atoms with van der Waals surface area (Å²) < 4.78 is 5.82. The van der Waals surface area contributed by atoms with E-state index >= 15 is 0 Å². The van der Waals surface area contributed by atoms with Crippen LogP contribution in [0.4, 0.5) is 5.69 Å². The van der Waals surface area contributed by atoms with Gasteiger partial charge in [-0.15, -0.1) is 0 Å². The van der Waals surface area contributed by atoms with Crippen molar-refractivity contribution in [1.29, 1.82) is 0 Å². The molecule has 21 heavy (non-hydrogen) atoms. The fourth-order valence-electron chi connectivity index (χ4n) is 2.40. The Hall–Kier alpha value is -1.22. The highest BCUT2D eigenvalue weighted by molar-refractivity contribution is 5.50. The predicted octanol–water partition coefficient (Wildman–Crippen LogP) is 4.08. The third-order valence-corrected chi connectivity index (χ3v) is 3.70. The first-order chi connectivity index (χ1) is 10.3. The number of hydrogen-bond donors (Lipinski definition) is 1. The molecule has 0 atom stereocenters. The quantitative estimate of drug-likeness (QED) is 0.587. The molecule has 1 aromatic rings. The molecule has 0 aliphatic rings. The topological polar surface area (TPSA) is 24.5 Å². The van der Waals surface area contributed by atoms with E-state index in [0.29, 0.717) is 0 Å². The van der Waals surface area contributed by atoms with Gasteiger partial charge in [0.25, 0.3) is 0 Å². The lowest BCUT2D eigenvalue weighted by atomic mass is 10.2. The molecule has 1 rings (SSSR count). The summed E-state index contributed by atoms with van der Waals surface area (Å²) in [6.07, 6.45) is 5.24. The molecule has 0 aliphatic carbocycles. The summed E-state index contributed by atoms with van der Waals surface area (Å²) in [7, 11) is 0. The molecule has 0 radical (unpaired) electrons. The first kappa shape index (κ1) is 17.8. The maximum atomic E-state index is 5.82. The smallest absolute Gasteiger partial charge is 0.121 e. The molecule has 0 amide bonds. The molecule has 3 nitrogen and oxygen atoms in total. The van der Waals surface area contributed by atoms with Crippen molar-refractivity contribution in [2.45, 2.75) is 46.5 Å². The van der Waals surface area contributed by atoms with Gasteiger partial charge in [-0.3, -0.25) is 0 Å². The van der Waals surface area contributed by atoms with Gasteiger partial charge in [-0.1, -0.05) is 32.3 Å². The zero-order valence-electron chi connectivity index (χ0n) is 14.0. The molecule has 0 aliphatic heterocycles. The van der Waals surface area contributed by atoms with E-state index < -0.39 is 0 Å². The van der Waals surface area contributed by atoms with Crippen LogP contribution in [0.1, 0.15) is 46.5 Å². The predicted molar refractivity (Wildman–Crippen MR) is 92.5 cm³/mol. The van der Waals surface area contributed by atoms with Crippen molar-refractivity contribution in [3.8, 4) is 5.75 Å². The zero-order chi connectivity index (χ0) is 15.3. The number of unbranched alkanes of at least 4 members (excludes halogenated alkanes) is 3. The summed E-state index contributed by atoms with van der Waals surface area (Å²) in [5.41, 5.74) is 1.24. The molecular weight excluding hydrogens is 260 g/mol. The molecule has 0 saturated heterocycles. The molecule has 0 fully saturated rings. The van der Waals surface area contributed by atoms with Gasteiger partial charge in [0.2, 0.25) is 0 Å². The van der Waals surface area contributed by atoms with Crippen LogP contribution in [0.2, 0.25) is 0 Å².